The number of halogens is 1. The fourth-order valence-electron chi connectivity index (χ4n) is 1.03. The second-order valence-corrected chi connectivity index (χ2v) is 3.64. The van der Waals surface area contributed by atoms with Crippen LogP contribution in [0.3, 0.4) is 0 Å². The van der Waals surface area contributed by atoms with Gasteiger partial charge in [0.1, 0.15) is 6.29 Å². The Morgan fingerprint density at radius 3 is 2.86 bits per heavy atom. The zero-order chi connectivity index (χ0) is 10.6. The van der Waals surface area contributed by atoms with E-state index in [0.29, 0.717) is 5.56 Å². The zero-order valence-corrected chi connectivity index (χ0v) is 9.15. The van der Waals surface area contributed by atoms with E-state index in [1.807, 2.05) is 0 Å². The molecule has 0 aliphatic heterocycles. The molecule has 0 fully saturated rings. The molecule has 0 saturated carbocycles. The summed E-state index contributed by atoms with van der Waals surface area (Å²) in [6.07, 6.45) is 0.760. The highest BCUT2D eigenvalue weighted by molar-refractivity contribution is 9.09. The number of carbonyl (C=O) groups is 2. The number of benzene rings is 1. The van der Waals surface area contributed by atoms with Crippen molar-refractivity contribution in [1.82, 2.24) is 0 Å². The number of hydrogen-bond donors (Lipinski definition) is 0. The summed E-state index contributed by atoms with van der Waals surface area (Å²) < 4.78 is 4.56. The molecular weight excluding hydrogens is 248 g/mol. The van der Waals surface area contributed by atoms with Crippen LogP contribution in [0.25, 0.3) is 0 Å². The lowest BCUT2D eigenvalue weighted by Gasteiger charge is -2.04. The quantitative estimate of drug-likeness (QED) is 0.473. The van der Waals surface area contributed by atoms with Crippen LogP contribution >= 0.6 is 15.9 Å². The number of aldehydes is 1. The van der Waals surface area contributed by atoms with Crippen LogP contribution in [-0.2, 0) is 9.53 Å². The highest BCUT2D eigenvalue weighted by Crippen LogP contribution is 2.21. The molecule has 0 spiro atoms. The lowest BCUT2D eigenvalue weighted by molar-refractivity contribution is -0.107. The van der Waals surface area contributed by atoms with E-state index in [9.17, 15) is 9.59 Å². The van der Waals surface area contributed by atoms with Gasteiger partial charge >= 0.3 is 5.97 Å². The topological polar surface area (TPSA) is 43.4 Å². The predicted molar refractivity (Wildman–Crippen MR) is 55.5 cm³/mol. The molecule has 0 aliphatic rings. The van der Waals surface area contributed by atoms with Crippen molar-refractivity contribution < 1.29 is 14.3 Å². The van der Waals surface area contributed by atoms with Gasteiger partial charge < -0.3 is 9.53 Å². The van der Waals surface area contributed by atoms with Crippen molar-refractivity contribution in [2.45, 2.75) is 4.83 Å². The summed E-state index contributed by atoms with van der Waals surface area (Å²) in [6.45, 7) is 0. The van der Waals surface area contributed by atoms with Gasteiger partial charge in [-0.1, -0.05) is 28.1 Å². The Labute approximate surface area is 90.2 Å². The summed E-state index contributed by atoms with van der Waals surface area (Å²) in [5.41, 5.74) is 1.18. The highest BCUT2D eigenvalue weighted by Gasteiger charge is 2.09. The molecule has 0 N–H and O–H groups in total. The maximum atomic E-state index is 11.2. The Morgan fingerprint density at radius 2 is 2.29 bits per heavy atom. The Kier molecular flexibility index (Phi) is 3.83. The van der Waals surface area contributed by atoms with Crippen LogP contribution in [0.4, 0.5) is 0 Å². The summed E-state index contributed by atoms with van der Waals surface area (Å²) in [4.78, 5) is 21.3. The summed E-state index contributed by atoms with van der Waals surface area (Å²) in [6, 6.07) is 6.74. The fourth-order valence-corrected chi connectivity index (χ4v) is 1.32. The number of ether oxygens (including phenoxy) is 1. The normalized spacial score (nSPS) is 11.9. The molecule has 1 unspecified atom stereocenters. The first kappa shape index (κ1) is 10.9. The zero-order valence-electron chi connectivity index (χ0n) is 7.57. The minimum atomic E-state index is -0.405. The van der Waals surface area contributed by atoms with Crippen molar-refractivity contribution >= 4 is 28.2 Å². The summed E-state index contributed by atoms with van der Waals surface area (Å²) >= 11 is 3.17. The average Bonchev–Trinajstić information content (AvgIpc) is 2.27. The number of hydrogen-bond acceptors (Lipinski definition) is 3. The second-order valence-electron chi connectivity index (χ2n) is 2.65. The first-order valence-corrected chi connectivity index (χ1v) is 4.88. The molecule has 74 valence electrons. The smallest absolute Gasteiger partial charge is 0.337 e. The van der Waals surface area contributed by atoms with Gasteiger partial charge in [0.25, 0.3) is 0 Å². The Hall–Kier alpha value is -1.16. The molecule has 3 nitrogen and oxygen atoms in total. The lowest BCUT2D eigenvalue weighted by atomic mass is 10.1. The Bertz CT molecular complexity index is 349. The van der Waals surface area contributed by atoms with Gasteiger partial charge in [0.15, 0.2) is 0 Å². The molecule has 0 saturated heterocycles. The third-order valence-electron chi connectivity index (χ3n) is 1.75. The van der Waals surface area contributed by atoms with Gasteiger partial charge in [-0.15, -0.1) is 0 Å². The molecular formula is C10H9BrO3. The number of alkyl halides is 1. The first-order valence-electron chi connectivity index (χ1n) is 3.96. The van der Waals surface area contributed by atoms with E-state index in [0.717, 1.165) is 11.8 Å². The molecule has 0 aliphatic carbocycles. The molecule has 0 amide bonds. The van der Waals surface area contributed by atoms with E-state index in [1.54, 1.807) is 24.3 Å². The van der Waals surface area contributed by atoms with Crippen LogP contribution in [0.15, 0.2) is 24.3 Å². The number of esters is 1. The summed E-state index contributed by atoms with van der Waals surface area (Å²) in [5.74, 6) is -0.405. The van der Waals surface area contributed by atoms with Crippen LogP contribution in [0.5, 0.6) is 0 Å². The highest BCUT2D eigenvalue weighted by atomic mass is 79.9. The largest absolute Gasteiger partial charge is 0.465 e. The third kappa shape index (κ3) is 2.42. The monoisotopic (exact) mass is 256 g/mol. The molecule has 0 aromatic heterocycles. The van der Waals surface area contributed by atoms with Gasteiger partial charge in [-0.05, 0) is 17.7 Å². The number of rotatable bonds is 3. The standard InChI is InChI=1S/C10H9BrO3/c1-14-10(13)8-4-2-3-7(5-8)9(11)6-12/h2-6,9H,1H3. The molecule has 0 radical (unpaired) electrons. The van der Waals surface area contributed by atoms with Crippen LogP contribution in [0.2, 0.25) is 0 Å². The van der Waals surface area contributed by atoms with E-state index >= 15 is 0 Å². The van der Waals surface area contributed by atoms with Gasteiger partial charge in [0.05, 0.1) is 17.5 Å². The number of methoxy groups -OCH3 is 1. The number of carbonyl (C=O) groups excluding carboxylic acids is 2. The molecule has 14 heavy (non-hydrogen) atoms. The maximum Gasteiger partial charge on any atom is 0.337 e. The van der Waals surface area contributed by atoms with Crippen molar-refractivity contribution in [3.8, 4) is 0 Å². The summed E-state index contributed by atoms with van der Waals surface area (Å²) in [7, 11) is 1.32. The Balaban J connectivity index is 3.00. The van der Waals surface area contributed by atoms with Crippen molar-refractivity contribution in [3.05, 3.63) is 35.4 Å². The molecule has 1 rings (SSSR count). The van der Waals surface area contributed by atoms with E-state index in [4.69, 9.17) is 0 Å². The van der Waals surface area contributed by atoms with Gasteiger partial charge in [-0.2, -0.15) is 0 Å². The van der Waals surface area contributed by atoms with Gasteiger partial charge in [0.2, 0.25) is 0 Å². The lowest BCUT2D eigenvalue weighted by Crippen LogP contribution is -2.02. The van der Waals surface area contributed by atoms with E-state index in [1.165, 1.54) is 7.11 Å². The Morgan fingerprint density at radius 1 is 1.57 bits per heavy atom. The predicted octanol–water partition coefficient (Wildman–Crippen LogP) is 2.11. The van der Waals surface area contributed by atoms with Crippen molar-refractivity contribution in [2.75, 3.05) is 7.11 Å². The minimum absolute atomic E-state index is 0.382. The third-order valence-corrected chi connectivity index (χ3v) is 2.49. The fraction of sp³-hybridized carbons (Fsp3) is 0.200. The van der Waals surface area contributed by atoms with Crippen LogP contribution in [-0.4, -0.2) is 19.4 Å². The SMILES string of the molecule is COC(=O)c1cccc(C(Br)C=O)c1. The van der Waals surface area contributed by atoms with Crippen molar-refractivity contribution in [1.29, 1.82) is 0 Å². The molecule has 0 bridgehead atoms. The molecule has 1 aromatic carbocycles. The van der Waals surface area contributed by atoms with Crippen molar-refractivity contribution in [2.24, 2.45) is 0 Å². The second kappa shape index (κ2) is 4.91. The maximum absolute atomic E-state index is 11.2. The first-order chi connectivity index (χ1) is 6.69. The molecule has 1 aromatic rings. The van der Waals surface area contributed by atoms with Gasteiger partial charge in [0, 0.05) is 0 Å². The molecule has 0 heterocycles. The molecule has 4 heteroatoms. The molecule has 1 atom stereocenters. The van der Waals surface area contributed by atoms with Crippen LogP contribution in [0.1, 0.15) is 20.7 Å². The van der Waals surface area contributed by atoms with E-state index in [2.05, 4.69) is 20.7 Å². The minimum Gasteiger partial charge on any atom is -0.465 e. The van der Waals surface area contributed by atoms with E-state index in [-0.39, 0.29) is 4.83 Å². The van der Waals surface area contributed by atoms with Gasteiger partial charge in [-0.3, -0.25) is 0 Å². The van der Waals surface area contributed by atoms with Gasteiger partial charge in [-0.25, -0.2) is 4.79 Å². The van der Waals surface area contributed by atoms with Crippen LogP contribution in [0, 0.1) is 0 Å². The van der Waals surface area contributed by atoms with E-state index < -0.39 is 5.97 Å². The summed E-state index contributed by atoms with van der Waals surface area (Å²) in [5, 5.41) is 0. The van der Waals surface area contributed by atoms with Crippen LogP contribution < -0.4 is 0 Å². The van der Waals surface area contributed by atoms with Crippen molar-refractivity contribution in [3.63, 3.8) is 0 Å². The average molecular weight is 257 g/mol.